The first kappa shape index (κ1) is 10.0. The van der Waals surface area contributed by atoms with Crippen LogP contribution in [0.4, 0.5) is 5.82 Å². The van der Waals surface area contributed by atoms with Gasteiger partial charge in [-0.25, -0.2) is 0 Å². The highest BCUT2D eigenvalue weighted by atomic mass is 16.6. The number of imidazole rings is 1. The Kier molecular flexibility index (Phi) is 2.18. The molecule has 0 saturated carbocycles. The van der Waals surface area contributed by atoms with Gasteiger partial charge in [-0.3, -0.25) is 0 Å². The third-order valence-corrected chi connectivity index (χ3v) is 3.03. The van der Waals surface area contributed by atoms with Crippen LogP contribution in [0.5, 0.6) is 0 Å². The van der Waals surface area contributed by atoms with Crippen molar-refractivity contribution >= 4 is 5.82 Å². The summed E-state index contributed by atoms with van der Waals surface area (Å²) < 4.78 is 1.97. The van der Waals surface area contributed by atoms with Crippen LogP contribution in [0.15, 0.2) is 30.3 Å². The van der Waals surface area contributed by atoms with Crippen LogP contribution in [-0.2, 0) is 13.0 Å². The summed E-state index contributed by atoms with van der Waals surface area (Å²) in [6.07, 6.45) is 1.84. The first-order chi connectivity index (χ1) is 8.27. The molecule has 0 fully saturated rings. The maximum atomic E-state index is 11.0. The monoisotopic (exact) mass is 229 g/mol. The fourth-order valence-corrected chi connectivity index (χ4v) is 2.32. The highest BCUT2D eigenvalue weighted by Gasteiger charge is 2.30. The van der Waals surface area contributed by atoms with Gasteiger partial charge in [0.15, 0.2) is 5.69 Å². The fourth-order valence-electron chi connectivity index (χ4n) is 2.32. The van der Waals surface area contributed by atoms with E-state index in [2.05, 4.69) is 4.98 Å². The van der Waals surface area contributed by atoms with Crippen LogP contribution in [0.25, 0.3) is 11.3 Å². The number of hydrogen-bond acceptors (Lipinski definition) is 3. The van der Waals surface area contributed by atoms with E-state index in [4.69, 9.17) is 0 Å². The molecule has 0 amide bonds. The molecule has 5 nitrogen and oxygen atoms in total. The topological polar surface area (TPSA) is 61.0 Å². The Labute approximate surface area is 97.9 Å². The van der Waals surface area contributed by atoms with Gasteiger partial charge in [-0.05, 0) is 16.3 Å². The van der Waals surface area contributed by atoms with Gasteiger partial charge >= 0.3 is 5.82 Å². The molecule has 1 aliphatic rings. The summed E-state index contributed by atoms with van der Waals surface area (Å²) >= 11 is 0. The van der Waals surface area contributed by atoms with Gasteiger partial charge in [0.1, 0.15) is 0 Å². The molecule has 0 N–H and O–H groups in total. The first-order valence-corrected chi connectivity index (χ1v) is 5.56. The van der Waals surface area contributed by atoms with Crippen LogP contribution < -0.4 is 0 Å². The molecule has 17 heavy (non-hydrogen) atoms. The van der Waals surface area contributed by atoms with Crippen molar-refractivity contribution in [2.45, 2.75) is 19.4 Å². The minimum absolute atomic E-state index is 0.0223. The molecule has 5 heteroatoms. The number of hydrogen-bond donors (Lipinski definition) is 0. The number of benzene rings is 1. The lowest BCUT2D eigenvalue weighted by Crippen LogP contribution is -1.97. The van der Waals surface area contributed by atoms with E-state index >= 15 is 0 Å². The summed E-state index contributed by atoms with van der Waals surface area (Å²) in [6, 6.07) is 9.43. The maximum absolute atomic E-state index is 11.0. The highest BCUT2D eigenvalue weighted by Crippen LogP contribution is 2.33. The number of nitro groups is 1. The predicted molar refractivity (Wildman–Crippen MR) is 62.6 cm³/mol. The second kappa shape index (κ2) is 3.69. The van der Waals surface area contributed by atoms with Crippen LogP contribution >= 0.6 is 0 Å². The molecule has 2 heterocycles. The van der Waals surface area contributed by atoms with Gasteiger partial charge in [0.05, 0.1) is 0 Å². The van der Waals surface area contributed by atoms with Crippen molar-refractivity contribution in [1.29, 1.82) is 0 Å². The van der Waals surface area contributed by atoms with E-state index in [1.165, 1.54) is 0 Å². The molecule has 0 saturated heterocycles. The van der Waals surface area contributed by atoms with Crippen LogP contribution in [0, 0.1) is 10.1 Å². The van der Waals surface area contributed by atoms with Gasteiger partial charge in [-0.2, -0.15) is 0 Å². The van der Waals surface area contributed by atoms with E-state index in [1.54, 1.807) is 0 Å². The molecule has 2 aromatic rings. The van der Waals surface area contributed by atoms with Crippen molar-refractivity contribution in [3.8, 4) is 11.3 Å². The van der Waals surface area contributed by atoms with E-state index in [1.807, 2.05) is 34.9 Å². The Bertz CT molecular complexity index is 575. The molecule has 0 radical (unpaired) electrons. The number of nitrogens with zero attached hydrogens (tertiary/aromatic N) is 3. The van der Waals surface area contributed by atoms with Gasteiger partial charge < -0.3 is 14.7 Å². The lowest BCUT2D eigenvalue weighted by Gasteiger charge is -2.03. The Morgan fingerprint density at radius 2 is 2.06 bits per heavy atom. The molecule has 86 valence electrons. The van der Waals surface area contributed by atoms with Crippen molar-refractivity contribution in [3.63, 3.8) is 0 Å². The van der Waals surface area contributed by atoms with E-state index in [0.29, 0.717) is 5.69 Å². The van der Waals surface area contributed by atoms with Crippen molar-refractivity contribution in [1.82, 2.24) is 9.55 Å². The summed E-state index contributed by atoms with van der Waals surface area (Å²) in [5.41, 5.74) is 1.50. The maximum Gasteiger partial charge on any atom is 0.390 e. The predicted octanol–water partition coefficient (Wildman–Crippen LogP) is 2.40. The van der Waals surface area contributed by atoms with Crippen molar-refractivity contribution in [3.05, 3.63) is 46.3 Å². The average molecular weight is 229 g/mol. The SMILES string of the molecule is O=[N+]([O-])c1nc2n(c1-c1ccccc1)CCC2. The Hall–Kier alpha value is -2.17. The van der Waals surface area contributed by atoms with E-state index in [0.717, 1.165) is 30.8 Å². The first-order valence-electron chi connectivity index (χ1n) is 5.56. The molecule has 0 spiro atoms. The molecular formula is C12H11N3O2. The molecule has 0 bridgehead atoms. The van der Waals surface area contributed by atoms with Gasteiger partial charge in [0, 0.05) is 18.5 Å². The second-order valence-electron chi connectivity index (χ2n) is 4.08. The Morgan fingerprint density at radius 3 is 2.76 bits per heavy atom. The second-order valence-corrected chi connectivity index (χ2v) is 4.08. The molecule has 1 aromatic heterocycles. The van der Waals surface area contributed by atoms with Gasteiger partial charge in [-0.1, -0.05) is 30.3 Å². The van der Waals surface area contributed by atoms with E-state index in [9.17, 15) is 10.1 Å². The van der Waals surface area contributed by atoms with Crippen molar-refractivity contribution in [2.75, 3.05) is 0 Å². The van der Waals surface area contributed by atoms with Crippen LogP contribution in [0.1, 0.15) is 12.2 Å². The summed E-state index contributed by atoms with van der Waals surface area (Å²) in [6.45, 7) is 0.820. The van der Waals surface area contributed by atoms with Gasteiger partial charge in [-0.15, -0.1) is 0 Å². The third-order valence-electron chi connectivity index (χ3n) is 3.03. The van der Waals surface area contributed by atoms with Crippen molar-refractivity contribution in [2.24, 2.45) is 0 Å². The fraction of sp³-hybridized carbons (Fsp3) is 0.250. The quantitative estimate of drug-likeness (QED) is 0.586. The van der Waals surface area contributed by atoms with Crippen LogP contribution in [-0.4, -0.2) is 14.5 Å². The zero-order valence-electron chi connectivity index (χ0n) is 9.17. The van der Waals surface area contributed by atoms with E-state index in [-0.39, 0.29) is 5.82 Å². The zero-order chi connectivity index (χ0) is 11.8. The smallest absolute Gasteiger partial charge is 0.358 e. The average Bonchev–Trinajstić information content (AvgIpc) is 2.89. The van der Waals surface area contributed by atoms with Crippen LogP contribution in [0.2, 0.25) is 0 Å². The lowest BCUT2D eigenvalue weighted by molar-refractivity contribution is -0.388. The lowest BCUT2D eigenvalue weighted by atomic mass is 10.1. The third kappa shape index (κ3) is 1.51. The minimum Gasteiger partial charge on any atom is -0.358 e. The minimum atomic E-state index is -0.395. The number of aromatic nitrogens is 2. The Balaban J connectivity index is 2.24. The number of fused-ring (bicyclic) bond motifs is 1. The van der Waals surface area contributed by atoms with Crippen LogP contribution in [0.3, 0.4) is 0 Å². The summed E-state index contributed by atoms with van der Waals surface area (Å²) in [5, 5.41) is 11.0. The number of rotatable bonds is 2. The zero-order valence-corrected chi connectivity index (χ0v) is 9.17. The Morgan fingerprint density at radius 1 is 1.29 bits per heavy atom. The molecular weight excluding hydrogens is 218 g/mol. The molecule has 0 unspecified atom stereocenters. The molecule has 1 aliphatic heterocycles. The van der Waals surface area contributed by atoms with E-state index < -0.39 is 4.92 Å². The normalized spacial score (nSPS) is 13.6. The van der Waals surface area contributed by atoms with Gasteiger partial charge in [0.25, 0.3) is 0 Å². The largest absolute Gasteiger partial charge is 0.390 e. The summed E-state index contributed by atoms with van der Waals surface area (Å²) in [4.78, 5) is 14.8. The molecule has 0 aliphatic carbocycles. The number of aryl methyl sites for hydroxylation is 1. The molecule has 1 aromatic carbocycles. The molecule has 3 rings (SSSR count). The molecule has 0 atom stereocenters. The summed E-state index contributed by atoms with van der Waals surface area (Å²) in [7, 11) is 0. The highest BCUT2D eigenvalue weighted by molar-refractivity contribution is 5.68. The van der Waals surface area contributed by atoms with Crippen molar-refractivity contribution < 1.29 is 4.92 Å². The summed E-state index contributed by atoms with van der Waals surface area (Å²) in [5.74, 6) is 0.807. The van der Waals surface area contributed by atoms with Gasteiger partial charge in [0.2, 0.25) is 5.82 Å². The standard InChI is InChI=1S/C12H11N3O2/c16-15(17)12-11(9-5-2-1-3-6-9)14-8-4-7-10(14)13-12/h1-3,5-6H,4,7-8H2.